The van der Waals surface area contributed by atoms with E-state index in [-0.39, 0.29) is 34.3 Å². The second-order valence-corrected chi connectivity index (χ2v) is 8.78. The number of ether oxygens (including phenoxy) is 1. The summed E-state index contributed by atoms with van der Waals surface area (Å²) in [7, 11) is 1.43. The molecule has 174 valence electrons. The highest BCUT2D eigenvalue weighted by Crippen LogP contribution is 2.45. The van der Waals surface area contributed by atoms with Gasteiger partial charge in [-0.2, -0.15) is 0 Å². The van der Waals surface area contributed by atoms with Crippen LogP contribution in [0.5, 0.6) is 5.75 Å². The number of pyridine rings is 1. The van der Waals surface area contributed by atoms with Crippen LogP contribution in [0.1, 0.15) is 53.4 Å². The Kier molecular flexibility index (Phi) is 5.12. The van der Waals surface area contributed by atoms with E-state index >= 15 is 4.39 Å². The lowest BCUT2D eigenvalue weighted by Gasteiger charge is -2.25. The molecule has 0 spiro atoms. The van der Waals surface area contributed by atoms with Crippen molar-refractivity contribution in [2.45, 2.75) is 38.3 Å². The van der Waals surface area contributed by atoms with Crippen LogP contribution >= 0.6 is 0 Å². The average Bonchev–Trinajstić information content (AvgIpc) is 3.35. The molecule has 0 amide bonds. The maximum absolute atomic E-state index is 15.5. The molecule has 33 heavy (non-hydrogen) atoms. The summed E-state index contributed by atoms with van der Waals surface area (Å²) < 4.78 is 28.4. The highest BCUT2D eigenvalue weighted by atomic mass is 19.1. The van der Waals surface area contributed by atoms with E-state index in [0.29, 0.717) is 36.7 Å². The van der Waals surface area contributed by atoms with Crippen LogP contribution in [0, 0.1) is 18.7 Å². The molecule has 3 heterocycles. The fourth-order valence-corrected chi connectivity index (χ4v) is 4.74. The van der Waals surface area contributed by atoms with Crippen molar-refractivity contribution in [3.8, 4) is 5.75 Å². The van der Waals surface area contributed by atoms with E-state index in [9.17, 15) is 14.7 Å². The second-order valence-electron chi connectivity index (χ2n) is 8.78. The SMILES string of the molecule is COc1c(N2CCC(C(N)c3ncc(C)o3)C2)c(F)cc2c(=O)c(C(=O)O)cn(C3CC3)c12. The van der Waals surface area contributed by atoms with Gasteiger partial charge in [0.1, 0.15) is 17.0 Å². The quantitative estimate of drug-likeness (QED) is 0.580. The van der Waals surface area contributed by atoms with Gasteiger partial charge < -0.3 is 29.5 Å². The van der Waals surface area contributed by atoms with Crippen LogP contribution in [-0.2, 0) is 0 Å². The summed E-state index contributed by atoms with van der Waals surface area (Å²) in [5.41, 5.74) is 5.95. The first-order chi connectivity index (χ1) is 15.8. The van der Waals surface area contributed by atoms with Crippen LogP contribution in [0.4, 0.5) is 10.1 Å². The fourth-order valence-electron chi connectivity index (χ4n) is 4.74. The lowest BCUT2D eigenvalue weighted by molar-refractivity contribution is 0.0694. The standard InChI is InChI=1S/C23H25FN4O5/c1-11-8-26-22(33-11)17(25)12-5-6-27(9-12)19-16(24)7-14-18(21(19)32-2)28(13-3-4-13)10-15(20(14)29)23(30)31/h7-8,10,12-13,17H,3-6,9,25H2,1-2H3,(H,30,31). The Morgan fingerprint density at radius 2 is 2.15 bits per heavy atom. The Labute approximate surface area is 188 Å². The van der Waals surface area contributed by atoms with Crippen LogP contribution in [0.15, 0.2) is 27.7 Å². The van der Waals surface area contributed by atoms with Crippen molar-refractivity contribution in [3.05, 3.63) is 51.7 Å². The van der Waals surface area contributed by atoms with Crippen molar-refractivity contribution in [1.29, 1.82) is 0 Å². The number of hydrogen-bond donors (Lipinski definition) is 2. The van der Waals surface area contributed by atoms with Crippen LogP contribution in [-0.4, -0.2) is 40.8 Å². The molecule has 1 saturated carbocycles. The van der Waals surface area contributed by atoms with Crippen molar-refractivity contribution in [1.82, 2.24) is 9.55 Å². The number of carbonyl (C=O) groups is 1. The number of aromatic nitrogens is 2. The zero-order valence-electron chi connectivity index (χ0n) is 18.4. The third-order valence-corrected chi connectivity index (χ3v) is 6.55. The Hall–Kier alpha value is -3.40. The number of nitrogens with zero attached hydrogens (tertiary/aromatic N) is 3. The van der Waals surface area contributed by atoms with E-state index in [4.69, 9.17) is 14.9 Å². The van der Waals surface area contributed by atoms with Crippen LogP contribution in [0.2, 0.25) is 0 Å². The van der Waals surface area contributed by atoms with E-state index in [0.717, 1.165) is 18.9 Å². The monoisotopic (exact) mass is 456 g/mol. The number of fused-ring (bicyclic) bond motifs is 1. The number of hydrogen-bond acceptors (Lipinski definition) is 7. The maximum Gasteiger partial charge on any atom is 0.341 e. The number of carboxylic acids is 1. The minimum absolute atomic E-state index is 0.00242. The second kappa shape index (κ2) is 7.87. The molecule has 2 aliphatic rings. The molecule has 10 heteroatoms. The predicted octanol–water partition coefficient (Wildman–Crippen LogP) is 3.01. The molecule has 9 nitrogen and oxygen atoms in total. The van der Waals surface area contributed by atoms with E-state index in [1.807, 2.05) is 4.90 Å². The van der Waals surface area contributed by atoms with Crippen molar-refractivity contribution >= 4 is 22.6 Å². The molecule has 1 aliphatic heterocycles. The Bertz CT molecular complexity index is 1310. The minimum atomic E-state index is -1.34. The first-order valence-corrected chi connectivity index (χ1v) is 10.9. The molecule has 1 aliphatic carbocycles. The van der Waals surface area contributed by atoms with Crippen molar-refractivity contribution < 1.29 is 23.4 Å². The van der Waals surface area contributed by atoms with Crippen molar-refractivity contribution in [3.63, 3.8) is 0 Å². The molecule has 0 bridgehead atoms. The first kappa shape index (κ1) is 21.4. The highest BCUT2D eigenvalue weighted by molar-refractivity contribution is 5.97. The van der Waals surface area contributed by atoms with Crippen LogP contribution in [0.3, 0.4) is 0 Å². The normalized spacial score (nSPS) is 19.3. The van der Waals surface area contributed by atoms with Gasteiger partial charge in [0, 0.05) is 31.2 Å². The third kappa shape index (κ3) is 3.54. The molecule has 3 N–H and O–H groups in total. The molecule has 1 saturated heterocycles. The zero-order valence-corrected chi connectivity index (χ0v) is 18.4. The molecule has 2 fully saturated rings. The molecule has 2 unspecified atom stereocenters. The van der Waals surface area contributed by atoms with E-state index < -0.39 is 23.3 Å². The van der Waals surface area contributed by atoms with E-state index in [1.165, 1.54) is 13.3 Å². The predicted molar refractivity (Wildman–Crippen MR) is 118 cm³/mol. The van der Waals surface area contributed by atoms with E-state index in [1.54, 1.807) is 17.7 Å². The summed E-state index contributed by atoms with van der Waals surface area (Å²) in [6.45, 7) is 2.80. The smallest absolute Gasteiger partial charge is 0.341 e. The van der Waals surface area contributed by atoms with E-state index in [2.05, 4.69) is 4.98 Å². The molecular weight excluding hydrogens is 431 g/mol. The van der Waals surface area contributed by atoms with Gasteiger partial charge in [-0.1, -0.05) is 0 Å². The number of aromatic carboxylic acids is 1. The largest absolute Gasteiger partial charge is 0.492 e. The number of halogens is 1. The summed E-state index contributed by atoms with van der Waals surface area (Å²) in [4.78, 5) is 30.6. The van der Waals surface area contributed by atoms with Gasteiger partial charge in [-0.25, -0.2) is 14.2 Å². The number of anilines is 1. The number of nitrogens with two attached hydrogens (primary N) is 1. The third-order valence-electron chi connectivity index (χ3n) is 6.55. The van der Waals surface area contributed by atoms with Gasteiger partial charge in [0.15, 0.2) is 11.6 Å². The van der Waals surface area contributed by atoms with Crippen LogP contribution < -0.4 is 20.8 Å². The van der Waals surface area contributed by atoms with Gasteiger partial charge >= 0.3 is 5.97 Å². The summed E-state index contributed by atoms with van der Waals surface area (Å²) in [6.07, 6.45) is 5.38. The number of aryl methyl sites for hydroxylation is 1. The first-order valence-electron chi connectivity index (χ1n) is 10.9. The van der Waals surface area contributed by atoms with Gasteiger partial charge in [-0.05, 0) is 32.3 Å². The van der Waals surface area contributed by atoms with Gasteiger partial charge in [0.25, 0.3) is 0 Å². The van der Waals surface area contributed by atoms with Crippen molar-refractivity contribution in [2.75, 3.05) is 25.1 Å². The summed E-state index contributed by atoms with van der Waals surface area (Å²) in [5, 5.41) is 9.48. The number of oxazole rings is 1. The van der Waals surface area contributed by atoms with Crippen LogP contribution in [0.25, 0.3) is 10.9 Å². The number of carboxylic acid groups (broad SMARTS) is 1. The highest BCUT2D eigenvalue weighted by Gasteiger charge is 2.36. The summed E-state index contributed by atoms with van der Waals surface area (Å²) >= 11 is 0. The minimum Gasteiger partial charge on any atom is -0.492 e. The topological polar surface area (TPSA) is 124 Å². The molecule has 0 radical (unpaired) electrons. The maximum atomic E-state index is 15.5. The summed E-state index contributed by atoms with van der Waals surface area (Å²) in [5.74, 6) is -0.624. The van der Waals surface area contributed by atoms with Gasteiger partial charge in [-0.3, -0.25) is 4.79 Å². The molecule has 5 rings (SSSR count). The number of methoxy groups -OCH3 is 1. The lowest BCUT2D eigenvalue weighted by atomic mass is 10.00. The Balaban J connectivity index is 1.60. The molecule has 1 aromatic carbocycles. The lowest BCUT2D eigenvalue weighted by Crippen LogP contribution is -2.27. The fraction of sp³-hybridized carbons (Fsp3) is 0.435. The number of benzene rings is 1. The van der Waals surface area contributed by atoms with Crippen molar-refractivity contribution in [2.24, 2.45) is 11.7 Å². The Morgan fingerprint density at radius 3 is 2.76 bits per heavy atom. The van der Waals surface area contributed by atoms with Gasteiger partial charge in [0.2, 0.25) is 11.3 Å². The van der Waals surface area contributed by atoms with Gasteiger partial charge in [-0.15, -0.1) is 0 Å². The molecule has 2 atom stereocenters. The van der Waals surface area contributed by atoms with Gasteiger partial charge in [0.05, 0.1) is 30.3 Å². The number of rotatable bonds is 6. The average molecular weight is 456 g/mol. The zero-order chi connectivity index (χ0) is 23.4. The summed E-state index contributed by atoms with van der Waals surface area (Å²) in [6, 6.07) is 0.748. The molecule has 2 aromatic heterocycles. The molecule has 3 aromatic rings. The Morgan fingerprint density at radius 1 is 1.39 bits per heavy atom. The molecular formula is C23H25FN4O5.